The van der Waals surface area contributed by atoms with E-state index in [2.05, 4.69) is 10.5 Å². The van der Waals surface area contributed by atoms with E-state index in [0.717, 1.165) is 12.1 Å². The molecule has 0 aliphatic rings. The lowest BCUT2D eigenvalue weighted by atomic mass is 10.2. The Morgan fingerprint density at radius 3 is 2.61 bits per heavy atom. The van der Waals surface area contributed by atoms with E-state index in [-0.39, 0.29) is 24.0 Å². The topological polar surface area (TPSA) is 137 Å². The minimum absolute atomic E-state index is 0.0939. The van der Waals surface area contributed by atoms with Crippen LogP contribution in [0.5, 0.6) is 11.5 Å². The molecule has 2 aromatic carbocycles. The van der Waals surface area contributed by atoms with Crippen molar-refractivity contribution < 1.29 is 27.1 Å². The fraction of sp³-hybridized carbons (Fsp3) is 0.176. The first-order valence-electron chi connectivity index (χ1n) is 7.99. The molecule has 28 heavy (non-hydrogen) atoms. The third-order valence-corrected chi connectivity index (χ3v) is 4.52. The number of nitrogens with one attached hydrogen (secondary N) is 1. The maximum Gasteiger partial charge on any atom is 0.346 e. The maximum absolute atomic E-state index is 12.6. The molecule has 11 heteroatoms. The highest BCUT2D eigenvalue weighted by atomic mass is 32.2. The Kier molecular flexibility index (Phi) is 6.66. The van der Waals surface area contributed by atoms with Crippen molar-refractivity contribution in [1.29, 1.82) is 0 Å². The van der Waals surface area contributed by atoms with Crippen molar-refractivity contribution in [3.63, 3.8) is 0 Å². The van der Waals surface area contributed by atoms with Gasteiger partial charge in [-0.25, -0.2) is 5.43 Å². The van der Waals surface area contributed by atoms with Crippen LogP contribution in [-0.2, 0) is 14.9 Å². The lowest BCUT2D eigenvalue weighted by molar-refractivity contribution is -0.387. The zero-order valence-corrected chi connectivity index (χ0v) is 15.8. The van der Waals surface area contributed by atoms with Gasteiger partial charge in [0, 0.05) is 13.0 Å². The van der Waals surface area contributed by atoms with Gasteiger partial charge in [-0.3, -0.25) is 14.9 Å². The summed E-state index contributed by atoms with van der Waals surface area (Å²) in [4.78, 5) is 20.6. The van der Waals surface area contributed by atoms with E-state index in [9.17, 15) is 23.3 Å². The molecule has 0 aliphatic heterocycles. The van der Waals surface area contributed by atoms with E-state index in [1.165, 1.54) is 43.5 Å². The molecule has 0 saturated carbocycles. The fourth-order valence-electron chi connectivity index (χ4n) is 2.12. The molecule has 1 amide bonds. The van der Waals surface area contributed by atoms with Gasteiger partial charge in [0.25, 0.3) is 5.69 Å². The van der Waals surface area contributed by atoms with Gasteiger partial charge < -0.3 is 8.92 Å². The first kappa shape index (κ1) is 20.8. The summed E-state index contributed by atoms with van der Waals surface area (Å²) in [6, 6.07) is 9.13. The number of para-hydroxylation sites is 1. The van der Waals surface area contributed by atoms with Crippen molar-refractivity contribution in [1.82, 2.24) is 5.43 Å². The van der Waals surface area contributed by atoms with Gasteiger partial charge in [-0.2, -0.15) is 13.5 Å². The minimum atomic E-state index is -4.48. The molecule has 0 aliphatic carbocycles. The molecule has 0 fully saturated rings. The van der Waals surface area contributed by atoms with Crippen LogP contribution in [0, 0.1) is 10.1 Å². The van der Waals surface area contributed by atoms with Crippen LogP contribution >= 0.6 is 0 Å². The van der Waals surface area contributed by atoms with Crippen LogP contribution in [0.2, 0.25) is 0 Å². The second-order valence-corrected chi connectivity index (χ2v) is 6.84. The molecule has 148 valence electrons. The number of benzene rings is 2. The molecule has 0 unspecified atom stereocenters. The van der Waals surface area contributed by atoms with Crippen molar-refractivity contribution in [2.75, 3.05) is 6.61 Å². The monoisotopic (exact) mass is 407 g/mol. The predicted molar refractivity (Wildman–Crippen MR) is 99.9 cm³/mol. The van der Waals surface area contributed by atoms with Gasteiger partial charge >= 0.3 is 10.1 Å². The standard InChI is InChI=1S/C17H17N3O7S/c1-3-26-16-10-13(11-18-19-12(2)21)8-9-15(16)27-28(24,25)17-7-5-4-6-14(17)20(22)23/h4-11H,3H2,1-2H3,(H,19,21)/b18-11-. The third-order valence-electron chi connectivity index (χ3n) is 3.23. The van der Waals surface area contributed by atoms with Crippen LogP contribution < -0.4 is 14.3 Å². The number of ether oxygens (including phenoxy) is 1. The number of carbonyl (C=O) groups is 1. The zero-order chi connectivity index (χ0) is 20.7. The summed E-state index contributed by atoms with van der Waals surface area (Å²) in [6.45, 7) is 3.21. The summed E-state index contributed by atoms with van der Waals surface area (Å²) in [5, 5.41) is 14.8. The van der Waals surface area contributed by atoms with Crippen LogP contribution in [0.4, 0.5) is 5.69 Å². The Morgan fingerprint density at radius 2 is 1.96 bits per heavy atom. The molecule has 2 aromatic rings. The number of hydrazone groups is 1. The van der Waals surface area contributed by atoms with E-state index in [1.54, 1.807) is 6.92 Å². The van der Waals surface area contributed by atoms with E-state index >= 15 is 0 Å². The van der Waals surface area contributed by atoms with E-state index in [1.807, 2.05) is 0 Å². The predicted octanol–water partition coefficient (Wildman–Crippen LogP) is 2.23. The Bertz CT molecular complexity index is 1020. The molecule has 0 saturated heterocycles. The molecule has 0 bridgehead atoms. The molecule has 0 heterocycles. The molecular formula is C17H17N3O7S. The first-order valence-corrected chi connectivity index (χ1v) is 9.40. The lowest BCUT2D eigenvalue weighted by Crippen LogP contribution is -2.13. The van der Waals surface area contributed by atoms with Gasteiger partial charge in [-0.15, -0.1) is 0 Å². The Labute approximate surface area is 161 Å². The molecule has 0 spiro atoms. The number of hydrogen-bond acceptors (Lipinski definition) is 8. The second-order valence-electron chi connectivity index (χ2n) is 5.33. The molecule has 2 rings (SSSR count). The van der Waals surface area contributed by atoms with Crippen LogP contribution in [0.15, 0.2) is 52.5 Å². The number of hydrogen-bond donors (Lipinski definition) is 1. The van der Waals surface area contributed by atoms with Crippen LogP contribution in [-0.4, -0.2) is 32.1 Å². The average Bonchev–Trinajstić information content (AvgIpc) is 2.63. The lowest BCUT2D eigenvalue weighted by Gasteiger charge is -2.12. The van der Waals surface area contributed by atoms with Gasteiger partial charge in [0.1, 0.15) is 0 Å². The average molecular weight is 407 g/mol. The Balaban J connectivity index is 2.38. The van der Waals surface area contributed by atoms with Crippen molar-refractivity contribution in [2.24, 2.45) is 5.10 Å². The van der Waals surface area contributed by atoms with Crippen LogP contribution in [0.1, 0.15) is 19.4 Å². The highest BCUT2D eigenvalue weighted by molar-refractivity contribution is 7.87. The molecular weight excluding hydrogens is 390 g/mol. The summed E-state index contributed by atoms with van der Waals surface area (Å²) < 4.78 is 35.6. The minimum Gasteiger partial charge on any atom is -0.490 e. The zero-order valence-electron chi connectivity index (χ0n) is 15.0. The van der Waals surface area contributed by atoms with Gasteiger partial charge in [0.15, 0.2) is 16.4 Å². The number of nitrogens with zero attached hydrogens (tertiary/aromatic N) is 2. The molecule has 0 aromatic heterocycles. The number of nitro benzene ring substituents is 1. The van der Waals surface area contributed by atoms with Gasteiger partial charge in [0.05, 0.1) is 17.7 Å². The van der Waals surface area contributed by atoms with Gasteiger partial charge in [-0.1, -0.05) is 12.1 Å². The fourth-order valence-corrected chi connectivity index (χ4v) is 3.23. The normalized spacial score (nSPS) is 11.2. The Hall–Kier alpha value is -3.47. The van der Waals surface area contributed by atoms with Crippen molar-refractivity contribution in [3.8, 4) is 11.5 Å². The highest BCUT2D eigenvalue weighted by Crippen LogP contribution is 2.33. The van der Waals surface area contributed by atoms with Crippen molar-refractivity contribution >= 4 is 27.9 Å². The van der Waals surface area contributed by atoms with Crippen LogP contribution in [0.25, 0.3) is 0 Å². The molecule has 1 N–H and O–H groups in total. The first-order chi connectivity index (χ1) is 13.2. The largest absolute Gasteiger partial charge is 0.490 e. The number of amides is 1. The third kappa shape index (κ3) is 5.27. The molecule has 10 nitrogen and oxygen atoms in total. The summed E-state index contributed by atoms with van der Waals surface area (Å²) in [6.07, 6.45) is 1.34. The van der Waals surface area contributed by atoms with Gasteiger partial charge in [-0.05, 0) is 36.8 Å². The van der Waals surface area contributed by atoms with E-state index < -0.39 is 25.6 Å². The molecule has 0 atom stereocenters. The van der Waals surface area contributed by atoms with Crippen molar-refractivity contribution in [3.05, 3.63) is 58.1 Å². The number of rotatable bonds is 8. The SMILES string of the molecule is CCOc1cc(/C=N\NC(C)=O)ccc1OS(=O)(=O)c1ccccc1[N+](=O)[O-]. The maximum atomic E-state index is 12.6. The summed E-state index contributed by atoms with van der Waals surface area (Å²) in [5.41, 5.74) is 2.14. The highest BCUT2D eigenvalue weighted by Gasteiger charge is 2.28. The van der Waals surface area contributed by atoms with Crippen LogP contribution in [0.3, 0.4) is 0 Å². The number of nitro groups is 1. The molecule has 0 radical (unpaired) electrons. The summed E-state index contributed by atoms with van der Waals surface area (Å²) in [7, 11) is -4.48. The van der Waals surface area contributed by atoms with Crippen molar-refractivity contribution in [2.45, 2.75) is 18.7 Å². The van der Waals surface area contributed by atoms with E-state index in [0.29, 0.717) is 5.56 Å². The second kappa shape index (κ2) is 8.95. The summed E-state index contributed by atoms with van der Waals surface area (Å²) >= 11 is 0. The number of carbonyl (C=O) groups excluding carboxylic acids is 1. The van der Waals surface area contributed by atoms with Gasteiger partial charge in [0.2, 0.25) is 5.91 Å². The summed E-state index contributed by atoms with van der Waals surface area (Å²) in [5.74, 6) is -0.398. The quantitative estimate of drug-likeness (QED) is 0.306. The Morgan fingerprint density at radius 1 is 1.25 bits per heavy atom. The van der Waals surface area contributed by atoms with E-state index in [4.69, 9.17) is 8.92 Å². The smallest absolute Gasteiger partial charge is 0.346 e.